The van der Waals surface area contributed by atoms with E-state index in [-0.39, 0.29) is 9.77 Å². The van der Waals surface area contributed by atoms with Crippen molar-refractivity contribution >= 4 is 43.2 Å². The van der Waals surface area contributed by atoms with Gasteiger partial charge in [-0.05, 0) is 42.7 Å². The largest absolute Gasteiger partial charge is 0.308 e. The molecule has 2 heterocycles. The first-order valence-corrected chi connectivity index (χ1v) is 11.5. The second kappa shape index (κ2) is 7.39. The molecule has 0 amide bonds. The van der Waals surface area contributed by atoms with E-state index < -0.39 is 10.0 Å². The molecule has 0 atom stereocenters. The summed E-state index contributed by atoms with van der Waals surface area (Å²) in [7, 11) is -3.52. The van der Waals surface area contributed by atoms with Crippen molar-refractivity contribution in [2.45, 2.75) is 30.7 Å². The van der Waals surface area contributed by atoms with Crippen molar-refractivity contribution in [3.63, 3.8) is 0 Å². The van der Waals surface area contributed by atoms with Crippen LogP contribution >= 0.6 is 22.9 Å². The van der Waals surface area contributed by atoms with E-state index in [2.05, 4.69) is 0 Å². The summed E-state index contributed by atoms with van der Waals surface area (Å²) in [5.74, 6) is 0. The molecule has 4 rings (SSSR count). The SMILES string of the molecule is O=c1sc2cc(S(=O)(=O)N3CCCCC3)ccc2n1Cc1ccccc1Cl. The van der Waals surface area contributed by atoms with Gasteiger partial charge in [0, 0.05) is 18.1 Å². The van der Waals surface area contributed by atoms with Gasteiger partial charge in [-0.3, -0.25) is 9.36 Å². The standard InChI is InChI=1S/C19H19ClN2O3S2/c20-16-7-3-2-6-14(16)13-22-17-9-8-15(12-18(17)26-19(22)23)27(24,25)21-10-4-1-5-11-21/h2-3,6-9,12H,1,4-5,10-11,13H2. The van der Waals surface area contributed by atoms with Crippen molar-refractivity contribution in [1.29, 1.82) is 0 Å². The van der Waals surface area contributed by atoms with Crippen LogP contribution in [0.2, 0.25) is 5.02 Å². The number of thiazole rings is 1. The van der Waals surface area contributed by atoms with E-state index in [1.165, 1.54) is 0 Å². The van der Waals surface area contributed by atoms with E-state index in [1.807, 2.05) is 18.2 Å². The van der Waals surface area contributed by atoms with Crippen molar-refractivity contribution in [1.82, 2.24) is 8.87 Å². The average molecular weight is 423 g/mol. The summed E-state index contributed by atoms with van der Waals surface area (Å²) in [6.45, 7) is 1.48. The molecule has 3 aromatic rings. The van der Waals surface area contributed by atoms with E-state index in [4.69, 9.17) is 11.6 Å². The minimum absolute atomic E-state index is 0.127. The predicted octanol–water partition coefficient (Wildman–Crippen LogP) is 3.94. The zero-order valence-electron chi connectivity index (χ0n) is 14.6. The summed E-state index contributed by atoms with van der Waals surface area (Å²) in [6.07, 6.45) is 2.85. The maximum Gasteiger partial charge on any atom is 0.308 e. The number of aromatic nitrogens is 1. The summed E-state index contributed by atoms with van der Waals surface area (Å²) >= 11 is 7.28. The number of hydrogen-bond donors (Lipinski definition) is 0. The number of rotatable bonds is 4. The molecule has 1 fully saturated rings. The van der Waals surface area contributed by atoms with Crippen LogP contribution in [0, 0.1) is 0 Å². The van der Waals surface area contributed by atoms with E-state index in [1.54, 1.807) is 33.1 Å². The van der Waals surface area contributed by atoms with Gasteiger partial charge in [0.2, 0.25) is 10.0 Å². The Morgan fingerprint density at radius 3 is 2.52 bits per heavy atom. The van der Waals surface area contributed by atoms with Crippen molar-refractivity contribution in [3.8, 4) is 0 Å². The Bertz CT molecular complexity index is 1150. The number of halogens is 1. The van der Waals surface area contributed by atoms with Crippen LogP contribution in [0.15, 0.2) is 52.2 Å². The lowest BCUT2D eigenvalue weighted by Gasteiger charge is -2.25. The van der Waals surface area contributed by atoms with Gasteiger partial charge in [0.05, 0.1) is 21.7 Å². The molecule has 0 saturated carbocycles. The monoisotopic (exact) mass is 422 g/mol. The molecule has 1 aliphatic rings. The summed E-state index contributed by atoms with van der Waals surface area (Å²) in [5.41, 5.74) is 1.58. The summed E-state index contributed by atoms with van der Waals surface area (Å²) < 4.78 is 29.6. The van der Waals surface area contributed by atoms with E-state index in [0.29, 0.717) is 29.4 Å². The first-order chi connectivity index (χ1) is 13.0. The van der Waals surface area contributed by atoms with E-state index in [0.717, 1.165) is 41.7 Å². The summed E-state index contributed by atoms with van der Waals surface area (Å²) in [6, 6.07) is 12.3. The number of benzene rings is 2. The topological polar surface area (TPSA) is 59.4 Å². The average Bonchev–Trinajstić information content (AvgIpc) is 2.99. The Morgan fingerprint density at radius 1 is 1.04 bits per heavy atom. The number of hydrogen-bond acceptors (Lipinski definition) is 4. The number of sulfonamides is 1. The molecular formula is C19H19ClN2O3S2. The van der Waals surface area contributed by atoms with Crippen LogP contribution in [0.25, 0.3) is 10.2 Å². The number of piperidine rings is 1. The maximum atomic E-state index is 12.9. The minimum atomic E-state index is -3.52. The van der Waals surface area contributed by atoms with Gasteiger partial charge in [0.15, 0.2) is 0 Å². The van der Waals surface area contributed by atoms with Gasteiger partial charge >= 0.3 is 4.87 Å². The normalized spacial score (nSPS) is 16.0. The Labute approximate surface area is 166 Å². The molecule has 0 N–H and O–H groups in total. The molecule has 142 valence electrons. The highest BCUT2D eigenvalue weighted by molar-refractivity contribution is 7.89. The van der Waals surface area contributed by atoms with Crippen molar-refractivity contribution in [2.24, 2.45) is 0 Å². The number of nitrogens with zero attached hydrogens (tertiary/aromatic N) is 2. The molecule has 0 bridgehead atoms. The molecular weight excluding hydrogens is 404 g/mol. The van der Waals surface area contributed by atoms with Gasteiger partial charge in [-0.15, -0.1) is 0 Å². The van der Waals surface area contributed by atoms with Gasteiger partial charge in [0.25, 0.3) is 0 Å². The molecule has 0 spiro atoms. The molecule has 2 aromatic carbocycles. The fourth-order valence-corrected chi connectivity index (χ4v) is 6.15. The smallest absolute Gasteiger partial charge is 0.294 e. The van der Waals surface area contributed by atoms with Crippen molar-refractivity contribution in [2.75, 3.05) is 13.1 Å². The molecule has 27 heavy (non-hydrogen) atoms. The molecule has 1 aromatic heterocycles. The van der Waals surface area contributed by atoms with Crippen LogP contribution < -0.4 is 4.87 Å². The van der Waals surface area contributed by atoms with Crippen LogP contribution in [-0.2, 0) is 16.6 Å². The van der Waals surface area contributed by atoms with E-state index in [9.17, 15) is 13.2 Å². The second-order valence-corrected chi connectivity index (χ2v) is 9.98. The lowest BCUT2D eigenvalue weighted by molar-refractivity contribution is 0.346. The Morgan fingerprint density at radius 2 is 1.78 bits per heavy atom. The Kier molecular flexibility index (Phi) is 5.11. The third-order valence-electron chi connectivity index (χ3n) is 4.88. The zero-order valence-corrected chi connectivity index (χ0v) is 17.0. The highest BCUT2D eigenvalue weighted by atomic mass is 35.5. The van der Waals surface area contributed by atoms with Gasteiger partial charge in [-0.2, -0.15) is 4.31 Å². The van der Waals surface area contributed by atoms with Gasteiger partial charge in [-0.25, -0.2) is 8.42 Å². The molecule has 8 heteroatoms. The van der Waals surface area contributed by atoms with Crippen LogP contribution in [0.1, 0.15) is 24.8 Å². The minimum Gasteiger partial charge on any atom is -0.294 e. The lowest BCUT2D eigenvalue weighted by Crippen LogP contribution is -2.35. The van der Waals surface area contributed by atoms with Crippen LogP contribution in [0.3, 0.4) is 0 Å². The lowest BCUT2D eigenvalue weighted by atomic mass is 10.2. The first-order valence-electron chi connectivity index (χ1n) is 8.84. The second-order valence-electron chi connectivity index (χ2n) is 6.64. The molecule has 1 aliphatic heterocycles. The Balaban J connectivity index is 1.73. The molecule has 0 aliphatic carbocycles. The third-order valence-corrected chi connectivity index (χ3v) is 8.08. The molecule has 5 nitrogen and oxygen atoms in total. The van der Waals surface area contributed by atoms with Crippen molar-refractivity contribution < 1.29 is 8.42 Å². The number of fused-ring (bicyclic) bond motifs is 1. The molecule has 0 radical (unpaired) electrons. The van der Waals surface area contributed by atoms with Crippen molar-refractivity contribution in [3.05, 3.63) is 62.7 Å². The predicted molar refractivity (Wildman–Crippen MR) is 109 cm³/mol. The fourth-order valence-electron chi connectivity index (χ4n) is 3.41. The third kappa shape index (κ3) is 3.57. The fraction of sp³-hybridized carbons (Fsp3) is 0.316. The highest BCUT2D eigenvalue weighted by Crippen LogP contribution is 2.27. The molecule has 0 unspecified atom stereocenters. The first kappa shape index (κ1) is 18.7. The van der Waals surface area contributed by atoms with Gasteiger partial charge < -0.3 is 0 Å². The van der Waals surface area contributed by atoms with Gasteiger partial charge in [0.1, 0.15) is 0 Å². The quantitative estimate of drug-likeness (QED) is 0.639. The molecule has 1 saturated heterocycles. The summed E-state index contributed by atoms with van der Waals surface area (Å²) in [5, 5.41) is 0.605. The zero-order chi connectivity index (χ0) is 19.0. The maximum absolute atomic E-state index is 12.9. The summed E-state index contributed by atoms with van der Waals surface area (Å²) in [4.78, 5) is 12.6. The van der Waals surface area contributed by atoms with Crippen LogP contribution in [-0.4, -0.2) is 30.4 Å². The van der Waals surface area contributed by atoms with Crippen LogP contribution in [0.4, 0.5) is 0 Å². The van der Waals surface area contributed by atoms with Crippen LogP contribution in [0.5, 0.6) is 0 Å². The van der Waals surface area contributed by atoms with Gasteiger partial charge in [-0.1, -0.05) is 47.6 Å². The Hall–Kier alpha value is -1.67. The highest BCUT2D eigenvalue weighted by Gasteiger charge is 2.26. The van der Waals surface area contributed by atoms with E-state index >= 15 is 0 Å².